The first kappa shape index (κ1) is 13.9. The molecule has 2 atom stereocenters. The molecule has 0 spiro atoms. The number of hydrogen-bond donors (Lipinski definition) is 1. The fraction of sp³-hybridized carbons (Fsp3) is 0.846. The van der Waals surface area contributed by atoms with Gasteiger partial charge >= 0.3 is 0 Å². The fourth-order valence-corrected chi connectivity index (χ4v) is 2.71. The molecule has 0 amide bonds. The smallest absolute Gasteiger partial charge is 0.191 e. The van der Waals surface area contributed by atoms with Crippen molar-refractivity contribution >= 4 is 8.32 Å². The predicted octanol–water partition coefficient (Wildman–Crippen LogP) is 3.34. The summed E-state index contributed by atoms with van der Waals surface area (Å²) in [6.45, 7) is 12.1. The Kier molecular flexibility index (Phi) is 4.38. The topological polar surface area (TPSA) is 29.5 Å². The maximum atomic E-state index is 9.54. The molecule has 0 aromatic rings. The molecule has 94 valence electrons. The van der Waals surface area contributed by atoms with Crippen molar-refractivity contribution in [1.29, 1.82) is 0 Å². The lowest BCUT2D eigenvalue weighted by Gasteiger charge is -2.37. The molecule has 0 aromatic carbocycles. The molecule has 0 saturated carbocycles. The second-order valence-corrected chi connectivity index (χ2v) is 11.2. The summed E-state index contributed by atoms with van der Waals surface area (Å²) in [5.41, 5.74) is 0. The van der Waals surface area contributed by atoms with Crippen molar-refractivity contribution in [3.8, 4) is 0 Å². The van der Waals surface area contributed by atoms with Crippen LogP contribution in [-0.4, -0.2) is 26.1 Å². The summed E-state index contributed by atoms with van der Waals surface area (Å²) in [6.07, 6.45) is 5.61. The Hall–Kier alpha value is -0.123. The van der Waals surface area contributed by atoms with Crippen molar-refractivity contribution in [2.24, 2.45) is 5.92 Å². The number of rotatable bonds is 3. The molecule has 0 fully saturated rings. The molecule has 1 N–H and O–H groups in total. The van der Waals surface area contributed by atoms with E-state index < -0.39 is 8.32 Å². The lowest BCUT2D eigenvalue weighted by molar-refractivity contribution is 0.142. The summed E-state index contributed by atoms with van der Waals surface area (Å²) in [5.74, 6) is 0.495. The van der Waals surface area contributed by atoms with E-state index in [0.717, 1.165) is 19.4 Å². The molecular weight excluding hydrogens is 216 g/mol. The van der Waals surface area contributed by atoms with Gasteiger partial charge in [0.1, 0.15) is 0 Å². The van der Waals surface area contributed by atoms with Crippen LogP contribution in [0, 0.1) is 5.92 Å². The highest BCUT2D eigenvalue weighted by Gasteiger charge is 2.37. The lowest BCUT2D eigenvalue weighted by Crippen LogP contribution is -2.42. The zero-order chi connectivity index (χ0) is 12.4. The van der Waals surface area contributed by atoms with Gasteiger partial charge < -0.3 is 9.53 Å². The molecule has 1 aliphatic rings. The largest absolute Gasteiger partial charge is 0.417 e. The van der Waals surface area contributed by atoms with E-state index in [1.807, 2.05) is 6.08 Å². The van der Waals surface area contributed by atoms with Gasteiger partial charge in [0, 0.05) is 6.61 Å². The monoisotopic (exact) mass is 242 g/mol. The second kappa shape index (κ2) is 5.03. The molecule has 0 bridgehead atoms. The van der Waals surface area contributed by atoms with Crippen LogP contribution in [-0.2, 0) is 4.43 Å². The van der Waals surface area contributed by atoms with Crippen LogP contribution in [0.2, 0.25) is 18.1 Å². The van der Waals surface area contributed by atoms with Crippen LogP contribution in [0.1, 0.15) is 33.6 Å². The van der Waals surface area contributed by atoms with E-state index in [9.17, 15) is 5.11 Å². The van der Waals surface area contributed by atoms with Crippen LogP contribution >= 0.6 is 0 Å². The van der Waals surface area contributed by atoms with Crippen molar-refractivity contribution in [1.82, 2.24) is 0 Å². The molecule has 1 aliphatic carbocycles. The highest BCUT2D eigenvalue weighted by molar-refractivity contribution is 6.74. The summed E-state index contributed by atoms with van der Waals surface area (Å²) >= 11 is 0. The van der Waals surface area contributed by atoms with E-state index in [4.69, 9.17) is 4.43 Å². The van der Waals surface area contributed by atoms with Gasteiger partial charge in [-0.15, -0.1) is 0 Å². The quantitative estimate of drug-likeness (QED) is 0.607. The molecule has 0 heterocycles. The average Bonchev–Trinajstić information content (AvgIpc) is 2.13. The molecule has 0 aliphatic heterocycles. The molecule has 16 heavy (non-hydrogen) atoms. The minimum absolute atomic E-state index is 0.262. The Morgan fingerprint density at radius 3 is 2.50 bits per heavy atom. The number of hydrogen-bond acceptors (Lipinski definition) is 2. The first-order valence-electron chi connectivity index (χ1n) is 6.21. The maximum absolute atomic E-state index is 9.54. The minimum atomic E-state index is -1.62. The van der Waals surface area contributed by atoms with Crippen molar-refractivity contribution in [3.63, 3.8) is 0 Å². The summed E-state index contributed by atoms with van der Waals surface area (Å²) in [5, 5.41) is 9.81. The summed E-state index contributed by atoms with van der Waals surface area (Å²) in [6, 6.07) is 0. The van der Waals surface area contributed by atoms with Crippen molar-refractivity contribution in [3.05, 3.63) is 12.2 Å². The zero-order valence-electron chi connectivity index (χ0n) is 11.3. The molecule has 0 aromatic heterocycles. The van der Waals surface area contributed by atoms with Crippen molar-refractivity contribution < 1.29 is 9.53 Å². The third kappa shape index (κ3) is 3.72. The lowest BCUT2D eigenvalue weighted by atomic mass is 9.93. The number of allylic oxidation sites excluding steroid dienone is 1. The third-order valence-corrected chi connectivity index (χ3v) is 8.39. The third-order valence-electron chi connectivity index (χ3n) is 3.89. The van der Waals surface area contributed by atoms with Crippen molar-refractivity contribution in [2.45, 2.75) is 57.8 Å². The Morgan fingerprint density at radius 1 is 1.38 bits per heavy atom. The van der Waals surface area contributed by atoms with Crippen LogP contribution in [0.15, 0.2) is 12.2 Å². The Labute approximate surface area is 101 Å². The van der Waals surface area contributed by atoms with Gasteiger partial charge in [-0.05, 0) is 36.9 Å². The summed E-state index contributed by atoms with van der Waals surface area (Å²) in [7, 11) is -1.62. The van der Waals surface area contributed by atoms with Gasteiger partial charge in [0.15, 0.2) is 8.32 Å². The first-order chi connectivity index (χ1) is 7.22. The van der Waals surface area contributed by atoms with Crippen molar-refractivity contribution in [2.75, 3.05) is 6.61 Å². The molecule has 0 saturated heterocycles. The van der Waals surface area contributed by atoms with Crippen LogP contribution in [0.25, 0.3) is 0 Å². The van der Waals surface area contributed by atoms with E-state index in [1.54, 1.807) is 0 Å². The Morgan fingerprint density at radius 2 is 2.00 bits per heavy atom. The maximum Gasteiger partial charge on any atom is 0.191 e. The zero-order valence-corrected chi connectivity index (χ0v) is 12.3. The van der Waals surface area contributed by atoms with E-state index >= 15 is 0 Å². The van der Waals surface area contributed by atoms with Crippen LogP contribution < -0.4 is 0 Å². The summed E-state index contributed by atoms with van der Waals surface area (Å²) < 4.78 is 6.18. The Balaban J connectivity index is 2.43. The van der Waals surface area contributed by atoms with Gasteiger partial charge in [0.05, 0.1) is 6.10 Å². The number of aliphatic hydroxyl groups is 1. The van der Waals surface area contributed by atoms with Gasteiger partial charge in [-0.2, -0.15) is 0 Å². The van der Waals surface area contributed by atoms with Gasteiger partial charge in [-0.3, -0.25) is 0 Å². The average molecular weight is 242 g/mol. The Bertz CT molecular complexity index is 253. The standard InChI is InChI=1S/C13H26O2Si/c1-13(2,3)16(4,5)15-10-11-7-6-8-12(14)9-11/h6,8,11-12,14H,7,9-10H2,1-5H3/t11-,12+/m1/s1. The van der Waals surface area contributed by atoms with E-state index in [0.29, 0.717) is 5.92 Å². The molecule has 2 nitrogen and oxygen atoms in total. The van der Waals surface area contributed by atoms with E-state index in [2.05, 4.69) is 39.9 Å². The fourth-order valence-electron chi connectivity index (χ4n) is 1.62. The van der Waals surface area contributed by atoms with E-state index in [-0.39, 0.29) is 11.1 Å². The molecular formula is C13H26O2Si. The molecule has 0 radical (unpaired) electrons. The SMILES string of the molecule is CC(C)(C)[Si](C)(C)OC[C@@H]1CC=C[C@H](O)C1. The highest BCUT2D eigenvalue weighted by Crippen LogP contribution is 2.37. The summed E-state index contributed by atoms with van der Waals surface area (Å²) in [4.78, 5) is 0. The van der Waals surface area contributed by atoms with Gasteiger partial charge in [-0.25, -0.2) is 0 Å². The molecule has 1 rings (SSSR count). The van der Waals surface area contributed by atoms with Gasteiger partial charge in [0.2, 0.25) is 0 Å². The molecule has 0 unspecified atom stereocenters. The second-order valence-electron chi connectivity index (χ2n) is 6.40. The van der Waals surface area contributed by atoms with Crippen LogP contribution in [0.4, 0.5) is 0 Å². The van der Waals surface area contributed by atoms with Gasteiger partial charge in [0.25, 0.3) is 0 Å². The predicted molar refractivity (Wildman–Crippen MR) is 71.0 cm³/mol. The highest BCUT2D eigenvalue weighted by atomic mass is 28.4. The minimum Gasteiger partial charge on any atom is -0.417 e. The normalized spacial score (nSPS) is 27.1. The molecule has 3 heteroatoms. The van der Waals surface area contributed by atoms with E-state index in [1.165, 1.54) is 0 Å². The van der Waals surface area contributed by atoms with Crippen LogP contribution in [0.5, 0.6) is 0 Å². The first-order valence-corrected chi connectivity index (χ1v) is 9.12. The van der Waals surface area contributed by atoms with Gasteiger partial charge in [-0.1, -0.05) is 32.9 Å². The number of aliphatic hydroxyl groups excluding tert-OH is 1. The van der Waals surface area contributed by atoms with Crippen LogP contribution in [0.3, 0.4) is 0 Å².